The molecule has 0 spiro atoms. The number of hydrogen-bond donors (Lipinski definition) is 1. The van der Waals surface area contributed by atoms with Crippen LogP contribution in [0.1, 0.15) is 36.5 Å². The monoisotopic (exact) mass is 307 g/mol. The normalized spacial score (nSPS) is 22.0. The Labute approximate surface area is 120 Å². The third-order valence-electron chi connectivity index (χ3n) is 3.25. The zero-order valence-corrected chi connectivity index (χ0v) is 12.4. The van der Waals surface area contributed by atoms with Crippen LogP contribution >= 0.6 is 34.5 Å². The van der Waals surface area contributed by atoms with E-state index in [1.807, 2.05) is 0 Å². The van der Waals surface area contributed by atoms with Gasteiger partial charge in [0.25, 0.3) is 5.91 Å². The minimum Gasteiger partial charge on any atom is -0.391 e. The number of rotatable bonds is 2. The first-order valence-electron chi connectivity index (χ1n) is 5.94. The molecule has 1 N–H and O–H groups in total. The van der Waals surface area contributed by atoms with E-state index in [1.165, 1.54) is 11.3 Å². The fraction of sp³-hybridized carbons (Fsp3) is 0.583. The molecule has 1 aromatic rings. The summed E-state index contributed by atoms with van der Waals surface area (Å²) in [5.74, 6) is -0.131. The van der Waals surface area contributed by atoms with Crippen LogP contribution < -0.4 is 0 Å². The number of thiophene rings is 1. The third kappa shape index (κ3) is 2.82. The van der Waals surface area contributed by atoms with Crippen molar-refractivity contribution in [3.05, 3.63) is 20.3 Å². The highest BCUT2D eigenvalue weighted by molar-refractivity contribution is 7.20. The summed E-state index contributed by atoms with van der Waals surface area (Å²) in [5.41, 5.74) is 0.444. The second-order valence-corrected chi connectivity index (χ2v) is 6.83. The first-order chi connectivity index (χ1) is 8.50. The first kappa shape index (κ1) is 14.1. The van der Waals surface area contributed by atoms with Gasteiger partial charge in [0.05, 0.1) is 22.0 Å². The Morgan fingerprint density at radius 1 is 1.56 bits per heavy atom. The maximum Gasteiger partial charge on any atom is 0.256 e. The number of carbonyl (C=O) groups excluding carboxylic acids is 1. The molecule has 18 heavy (non-hydrogen) atoms. The zero-order valence-electron chi connectivity index (χ0n) is 10.0. The third-order valence-corrected chi connectivity index (χ3v) is 4.74. The molecule has 2 heterocycles. The second-order valence-electron chi connectivity index (χ2n) is 4.54. The number of hydrogen-bond acceptors (Lipinski definition) is 3. The summed E-state index contributed by atoms with van der Waals surface area (Å²) in [6.07, 6.45) is 2.31. The molecule has 0 saturated carbocycles. The largest absolute Gasteiger partial charge is 0.391 e. The molecule has 6 heteroatoms. The Morgan fingerprint density at radius 3 is 2.83 bits per heavy atom. The van der Waals surface area contributed by atoms with Crippen molar-refractivity contribution in [1.29, 1.82) is 0 Å². The van der Waals surface area contributed by atoms with Gasteiger partial charge in [0, 0.05) is 6.54 Å². The molecule has 2 rings (SSSR count). The lowest BCUT2D eigenvalue weighted by atomic mass is 9.97. The van der Waals surface area contributed by atoms with Crippen LogP contribution in [0.25, 0.3) is 0 Å². The maximum atomic E-state index is 12.4. The van der Waals surface area contributed by atoms with Crippen LogP contribution in [0.15, 0.2) is 6.07 Å². The van der Waals surface area contributed by atoms with Gasteiger partial charge in [-0.15, -0.1) is 11.3 Å². The Kier molecular flexibility index (Phi) is 4.54. The quantitative estimate of drug-likeness (QED) is 0.909. The van der Waals surface area contributed by atoms with Gasteiger partial charge in [-0.05, 0) is 32.3 Å². The van der Waals surface area contributed by atoms with Gasteiger partial charge in [0.2, 0.25) is 0 Å². The smallest absolute Gasteiger partial charge is 0.256 e. The Hall–Kier alpha value is -0.290. The van der Waals surface area contributed by atoms with Gasteiger partial charge in [-0.1, -0.05) is 23.2 Å². The molecule has 0 radical (unpaired) electrons. The zero-order chi connectivity index (χ0) is 13.3. The number of nitrogens with zero attached hydrogens (tertiary/aromatic N) is 1. The molecular formula is C12H15Cl2NO2S. The van der Waals surface area contributed by atoms with Crippen LogP contribution in [0.2, 0.25) is 8.67 Å². The van der Waals surface area contributed by atoms with E-state index < -0.39 is 6.10 Å². The van der Waals surface area contributed by atoms with Crippen molar-refractivity contribution in [3.63, 3.8) is 0 Å². The molecule has 1 saturated heterocycles. The fourth-order valence-electron chi connectivity index (χ4n) is 2.35. The second kappa shape index (κ2) is 5.78. The lowest BCUT2D eigenvalue weighted by Crippen LogP contribution is -2.48. The van der Waals surface area contributed by atoms with Crippen molar-refractivity contribution in [3.8, 4) is 0 Å². The molecule has 1 aliphatic rings. The molecule has 1 fully saturated rings. The number of amides is 1. The average molecular weight is 308 g/mol. The minimum absolute atomic E-state index is 0.124. The topological polar surface area (TPSA) is 40.5 Å². The molecule has 100 valence electrons. The van der Waals surface area contributed by atoms with E-state index in [0.717, 1.165) is 19.3 Å². The fourth-order valence-corrected chi connectivity index (χ4v) is 3.80. The Balaban J connectivity index is 2.23. The van der Waals surface area contributed by atoms with Gasteiger partial charge in [-0.25, -0.2) is 0 Å². The highest BCUT2D eigenvalue weighted by Gasteiger charge is 2.31. The van der Waals surface area contributed by atoms with E-state index in [1.54, 1.807) is 17.9 Å². The Morgan fingerprint density at radius 2 is 2.28 bits per heavy atom. The summed E-state index contributed by atoms with van der Waals surface area (Å²) in [7, 11) is 0. The van der Waals surface area contributed by atoms with Gasteiger partial charge in [-0.2, -0.15) is 0 Å². The number of piperidine rings is 1. The number of aliphatic hydroxyl groups is 1. The highest BCUT2D eigenvalue weighted by atomic mass is 35.5. The van der Waals surface area contributed by atoms with Crippen molar-refractivity contribution in [1.82, 2.24) is 4.90 Å². The van der Waals surface area contributed by atoms with E-state index in [4.69, 9.17) is 23.2 Å². The Bertz CT molecular complexity index is 447. The maximum absolute atomic E-state index is 12.4. The predicted molar refractivity (Wildman–Crippen MR) is 74.7 cm³/mol. The summed E-state index contributed by atoms with van der Waals surface area (Å²) >= 11 is 13.1. The van der Waals surface area contributed by atoms with Gasteiger partial charge in [-0.3, -0.25) is 4.79 Å². The van der Waals surface area contributed by atoms with E-state index in [2.05, 4.69) is 0 Å². The van der Waals surface area contributed by atoms with Crippen LogP contribution in [0, 0.1) is 0 Å². The van der Waals surface area contributed by atoms with Gasteiger partial charge < -0.3 is 10.0 Å². The van der Waals surface area contributed by atoms with E-state index >= 15 is 0 Å². The summed E-state index contributed by atoms with van der Waals surface area (Å²) < 4.78 is 0.925. The molecule has 1 aromatic heterocycles. The lowest BCUT2D eigenvalue weighted by Gasteiger charge is -2.37. The number of aliphatic hydroxyl groups excluding tert-OH is 1. The van der Waals surface area contributed by atoms with Crippen molar-refractivity contribution in [2.24, 2.45) is 0 Å². The first-order valence-corrected chi connectivity index (χ1v) is 7.52. The summed E-state index contributed by atoms with van der Waals surface area (Å²) in [6, 6.07) is 1.48. The molecular weight excluding hydrogens is 293 g/mol. The van der Waals surface area contributed by atoms with Gasteiger partial charge in [0.1, 0.15) is 4.34 Å². The molecule has 0 aliphatic carbocycles. The van der Waals surface area contributed by atoms with Gasteiger partial charge in [0.15, 0.2) is 0 Å². The lowest BCUT2D eigenvalue weighted by molar-refractivity contribution is 0.0281. The number of carbonyl (C=O) groups is 1. The van der Waals surface area contributed by atoms with Crippen molar-refractivity contribution < 1.29 is 9.90 Å². The van der Waals surface area contributed by atoms with E-state index in [-0.39, 0.29) is 11.9 Å². The molecule has 3 nitrogen and oxygen atoms in total. The van der Waals surface area contributed by atoms with Crippen molar-refractivity contribution >= 4 is 40.4 Å². The number of likely N-dealkylation sites (tertiary alicyclic amines) is 1. The SMILES string of the molecule is CC(O)C1CCCCN1C(=O)c1cc(Cl)sc1Cl. The molecule has 1 aliphatic heterocycles. The van der Waals surface area contributed by atoms with Crippen LogP contribution in [0.5, 0.6) is 0 Å². The summed E-state index contributed by atoms with van der Waals surface area (Å²) in [5, 5.41) is 9.77. The van der Waals surface area contributed by atoms with Crippen LogP contribution in [-0.2, 0) is 0 Å². The molecule has 2 unspecified atom stereocenters. The standard InChI is InChI=1S/C12H15Cl2NO2S/c1-7(16)9-4-2-3-5-15(9)12(17)8-6-10(13)18-11(8)14/h6-7,9,16H,2-5H2,1H3. The summed E-state index contributed by atoms with van der Waals surface area (Å²) in [4.78, 5) is 14.1. The number of halogens is 2. The summed E-state index contributed by atoms with van der Waals surface area (Å²) in [6.45, 7) is 2.39. The minimum atomic E-state index is -0.526. The van der Waals surface area contributed by atoms with Crippen molar-refractivity contribution in [2.45, 2.75) is 38.3 Å². The van der Waals surface area contributed by atoms with E-state index in [9.17, 15) is 9.90 Å². The van der Waals surface area contributed by atoms with Crippen LogP contribution in [0.3, 0.4) is 0 Å². The average Bonchev–Trinajstić information content (AvgIpc) is 2.67. The van der Waals surface area contributed by atoms with Crippen molar-refractivity contribution in [2.75, 3.05) is 6.54 Å². The predicted octanol–water partition coefficient (Wildman–Crippen LogP) is 3.43. The molecule has 2 atom stereocenters. The molecule has 1 amide bonds. The molecule has 0 aromatic carbocycles. The van der Waals surface area contributed by atoms with E-state index in [0.29, 0.717) is 20.8 Å². The highest BCUT2D eigenvalue weighted by Crippen LogP contribution is 2.33. The van der Waals surface area contributed by atoms with Crippen LogP contribution in [0.4, 0.5) is 0 Å². The molecule has 0 bridgehead atoms. The van der Waals surface area contributed by atoms with Gasteiger partial charge >= 0.3 is 0 Å². The van der Waals surface area contributed by atoms with Crippen LogP contribution in [-0.4, -0.2) is 34.6 Å².